The van der Waals surface area contributed by atoms with Crippen LogP contribution in [0.3, 0.4) is 0 Å². The highest BCUT2D eigenvalue weighted by Gasteiger charge is 2.70. The second-order valence-corrected chi connectivity index (χ2v) is 9.31. The molecule has 3 aromatic rings. The van der Waals surface area contributed by atoms with Gasteiger partial charge in [-0.3, -0.25) is 4.98 Å². The molecule has 200 valence electrons. The smallest absolute Gasteiger partial charge is 0.363 e. The Morgan fingerprint density at radius 2 is 1.37 bits per heavy atom. The zero-order chi connectivity index (χ0) is 28.5. The van der Waals surface area contributed by atoms with E-state index in [2.05, 4.69) is 11.1 Å². The van der Waals surface area contributed by atoms with Crippen LogP contribution < -0.4 is 0 Å². The molecule has 0 aliphatic rings. The van der Waals surface area contributed by atoms with Crippen LogP contribution in [0, 0.1) is 32.6 Å². The number of benzene rings is 2. The molecule has 3 rings (SSSR count). The summed E-state index contributed by atoms with van der Waals surface area (Å²) in [6.45, 7) is 13.5. The molecule has 0 aliphatic carbocycles. The summed E-state index contributed by atoms with van der Waals surface area (Å²) in [7, 11) is 0. The average Bonchev–Trinajstić information content (AvgIpc) is 2.83. The zero-order valence-corrected chi connectivity index (χ0v) is 21.3. The van der Waals surface area contributed by atoms with Gasteiger partial charge in [0.2, 0.25) is 0 Å². The lowest BCUT2D eigenvalue weighted by Crippen LogP contribution is -2.55. The highest BCUT2D eigenvalue weighted by atomic mass is 19.4. The van der Waals surface area contributed by atoms with E-state index in [0.29, 0.717) is 24.0 Å². The van der Waals surface area contributed by atoms with E-state index >= 15 is 0 Å². The summed E-state index contributed by atoms with van der Waals surface area (Å²) in [4.78, 5) is 4.15. The van der Waals surface area contributed by atoms with Crippen molar-refractivity contribution in [3.8, 4) is 23.0 Å². The molecule has 1 heterocycles. The Kier molecular flexibility index (Phi) is 8.05. The van der Waals surface area contributed by atoms with Gasteiger partial charge in [0.25, 0.3) is 0 Å². The highest BCUT2D eigenvalue weighted by Crippen LogP contribution is 2.43. The number of nitrogens with zero attached hydrogens (tertiary/aromatic N) is 1. The van der Waals surface area contributed by atoms with E-state index in [1.807, 2.05) is 44.9 Å². The van der Waals surface area contributed by atoms with E-state index in [0.717, 1.165) is 33.7 Å². The number of alkyl halides is 6. The van der Waals surface area contributed by atoms with Crippen LogP contribution in [0.4, 0.5) is 26.3 Å². The number of pyridine rings is 1. The van der Waals surface area contributed by atoms with E-state index in [9.17, 15) is 31.4 Å². The van der Waals surface area contributed by atoms with Crippen molar-refractivity contribution < 1.29 is 31.4 Å². The summed E-state index contributed by atoms with van der Waals surface area (Å²) in [5, 5.41) is 9.36. The van der Waals surface area contributed by atoms with Crippen LogP contribution in [0.25, 0.3) is 11.1 Å². The highest BCUT2D eigenvalue weighted by molar-refractivity contribution is 5.68. The van der Waals surface area contributed by atoms with Gasteiger partial charge in [0.05, 0.1) is 0 Å². The van der Waals surface area contributed by atoms with Gasteiger partial charge < -0.3 is 5.11 Å². The third-order valence-electron chi connectivity index (χ3n) is 7.03. The van der Waals surface area contributed by atoms with Gasteiger partial charge in [-0.25, -0.2) is 0 Å². The SMILES string of the molecule is [CH]c1cncc(-c2ccc(C(CC)(CC)c3ccc(C#CC(O)(C(F)(F)F)C(F)(F)F)c(C)c3)cc2C)c1. The van der Waals surface area contributed by atoms with E-state index < -0.39 is 23.4 Å². The van der Waals surface area contributed by atoms with Crippen LogP contribution >= 0.6 is 0 Å². The third kappa shape index (κ3) is 5.30. The lowest BCUT2D eigenvalue weighted by Gasteiger charge is -2.34. The monoisotopic (exact) mass is 531 g/mol. The van der Waals surface area contributed by atoms with E-state index in [1.54, 1.807) is 31.5 Å². The molecule has 8 heteroatoms. The van der Waals surface area contributed by atoms with Crippen LogP contribution in [-0.4, -0.2) is 28.0 Å². The maximum Gasteiger partial charge on any atom is 0.438 e. The number of hydrogen-bond donors (Lipinski definition) is 1. The molecule has 0 aliphatic heterocycles. The zero-order valence-electron chi connectivity index (χ0n) is 21.3. The third-order valence-corrected chi connectivity index (χ3v) is 7.03. The molecule has 0 spiro atoms. The Morgan fingerprint density at radius 3 is 1.84 bits per heavy atom. The Labute approximate surface area is 218 Å². The summed E-state index contributed by atoms with van der Waals surface area (Å²) in [5.74, 6) is 2.93. The van der Waals surface area contributed by atoms with Crippen molar-refractivity contribution in [2.45, 2.75) is 63.9 Å². The lowest BCUT2D eigenvalue weighted by molar-refractivity contribution is -0.343. The van der Waals surface area contributed by atoms with Crippen LogP contribution in [0.5, 0.6) is 0 Å². The normalized spacial score (nSPS) is 12.7. The summed E-state index contributed by atoms with van der Waals surface area (Å²) in [5.41, 5.74) is 0.0283. The second-order valence-electron chi connectivity index (χ2n) is 9.31. The van der Waals surface area contributed by atoms with Crippen LogP contribution in [0.15, 0.2) is 54.9 Å². The minimum atomic E-state index is -6.00. The Bertz CT molecular complexity index is 1360. The van der Waals surface area contributed by atoms with E-state index in [4.69, 9.17) is 6.92 Å². The maximum atomic E-state index is 13.0. The van der Waals surface area contributed by atoms with Crippen molar-refractivity contribution >= 4 is 0 Å². The molecule has 0 saturated carbocycles. The molecule has 38 heavy (non-hydrogen) atoms. The first kappa shape index (κ1) is 29.2. The molecule has 2 aromatic carbocycles. The molecule has 0 fully saturated rings. The number of hydrogen-bond acceptors (Lipinski definition) is 2. The minimum Gasteiger partial charge on any atom is -0.363 e. The number of aryl methyl sites for hydroxylation is 2. The predicted octanol–water partition coefficient (Wildman–Crippen LogP) is 7.74. The summed E-state index contributed by atoms with van der Waals surface area (Å²) in [6.07, 6.45) is -7.33. The van der Waals surface area contributed by atoms with Gasteiger partial charge in [0.1, 0.15) is 0 Å². The first-order valence-corrected chi connectivity index (χ1v) is 11.9. The van der Waals surface area contributed by atoms with Gasteiger partial charge in [0, 0.05) is 35.9 Å². The molecule has 0 amide bonds. The molecule has 1 aromatic heterocycles. The van der Waals surface area contributed by atoms with Gasteiger partial charge in [-0.2, -0.15) is 26.3 Å². The molecule has 1 N–H and O–H groups in total. The minimum absolute atomic E-state index is 0.0394. The fourth-order valence-electron chi connectivity index (χ4n) is 4.69. The summed E-state index contributed by atoms with van der Waals surface area (Å²) in [6, 6.07) is 12.7. The Balaban J connectivity index is 2.06. The first-order valence-electron chi connectivity index (χ1n) is 11.9. The van der Waals surface area contributed by atoms with Crippen molar-refractivity contribution in [2.24, 2.45) is 0 Å². The fraction of sp³-hybridized carbons (Fsp3) is 0.333. The van der Waals surface area contributed by atoms with E-state index in [1.165, 1.54) is 6.07 Å². The molecule has 2 nitrogen and oxygen atoms in total. The van der Waals surface area contributed by atoms with Crippen LogP contribution in [-0.2, 0) is 5.41 Å². The van der Waals surface area contributed by atoms with Crippen LogP contribution in [0.2, 0.25) is 0 Å². The van der Waals surface area contributed by atoms with Gasteiger partial charge in [-0.1, -0.05) is 50.1 Å². The Hall–Kier alpha value is -3.31. The maximum absolute atomic E-state index is 13.0. The number of halogens is 6. The van der Waals surface area contributed by atoms with E-state index in [-0.39, 0.29) is 5.56 Å². The topological polar surface area (TPSA) is 33.1 Å². The van der Waals surface area contributed by atoms with Gasteiger partial charge in [-0.05, 0) is 78.1 Å². The lowest BCUT2D eigenvalue weighted by atomic mass is 9.69. The van der Waals surface area contributed by atoms with Gasteiger partial charge in [0.15, 0.2) is 0 Å². The molecular formula is C30H27F6NO. The molecule has 0 unspecified atom stereocenters. The van der Waals surface area contributed by atoms with Crippen molar-refractivity contribution in [3.05, 3.63) is 95.2 Å². The number of rotatable bonds is 5. The molecule has 0 bridgehead atoms. The summed E-state index contributed by atoms with van der Waals surface area (Å²) < 4.78 is 78.1. The van der Waals surface area contributed by atoms with Crippen LogP contribution in [0.1, 0.15) is 60.1 Å². The number of aromatic nitrogens is 1. The molecule has 0 saturated heterocycles. The quantitative estimate of drug-likeness (QED) is 0.270. The van der Waals surface area contributed by atoms with Crippen molar-refractivity contribution in [1.82, 2.24) is 4.98 Å². The standard InChI is InChI=1S/C30H27F6NO/c1-6-27(7-2,25-10-11-26(21(5)16-25)23-14-19(3)17-37-18-23)24-9-8-22(20(4)15-24)12-13-28(38,29(31,32)33)30(34,35)36/h3,8-11,14-18,38H,6-7H2,1-2,4-5H3. The Morgan fingerprint density at radius 1 is 0.816 bits per heavy atom. The average molecular weight is 532 g/mol. The van der Waals surface area contributed by atoms with Gasteiger partial charge >= 0.3 is 18.0 Å². The van der Waals surface area contributed by atoms with Crippen molar-refractivity contribution in [1.29, 1.82) is 0 Å². The number of aliphatic hydroxyl groups is 1. The first-order chi connectivity index (χ1) is 17.6. The van der Waals surface area contributed by atoms with Crippen molar-refractivity contribution in [2.75, 3.05) is 0 Å². The fourth-order valence-corrected chi connectivity index (χ4v) is 4.69. The largest absolute Gasteiger partial charge is 0.438 e. The van der Waals surface area contributed by atoms with Crippen molar-refractivity contribution in [3.63, 3.8) is 0 Å². The molecule has 2 radical (unpaired) electrons. The molecular weight excluding hydrogens is 504 g/mol. The van der Waals surface area contributed by atoms with Gasteiger partial charge in [-0.15, -0.1) is 0 Å². The summed E-state index contributed by atoms with van der Waals surface area (Å²) >= 11 is 0. The molecule has 0 atom stereocenters. The second kappa shape index (κ2) is 10.5. The predicted molar refractivity (Wildman–Crippen MR) is 134 cm³/mol.